The summed E-state index contributed by atoms with van der Waals surface area (Å²) >= 11 is 0. The smallest absolute Gasteiger partial charge is 0.312 e. The van der Waals surface area contributed by atoms with Crippen LogP contribution < -0.4 is 37.2 Å². The highest BCUT2D eigenvalue weighted by Crippen LogP contribution is 2.70. The average molecular weight is 1410 g/mol. The second-order valence-electron chi connectivity index (χ2n) is 27.8. The molecule has 4 aliphatic carbocycles. The van der Waals surface area contributed by atoms with Crippen molar-refractivity contribution in [2.24, 2.45) is 40.2 Å². The molecule has 9 rings (SSSR count). The van der Waals surface area contributed by atoms with E-state index in [-0.39, 0.29) is 144 Å². The van der Waals surface area contributed by atoms with E-state index in [1.807, 2.05) is 82.3 Å². The highest BCUT2D eigenvalue weighted by Gasteiger charge is 2.76. The molecule has 0 bridgehead atoms. The molecule has 4 fully saturated rings. The third kappa shape index (κ3) is 20.1. The number of primary amides is 1. The van der Waals surface area contributed by atoms with E-state index in [2.05, 4.69) is 45.3 Å². The molecule has 25 heteroatoms. The maximum absolute atomic E-state index is 14.6. The van der Waals surface area contributed by atoms with Gasteiger partial charge in [0.25, 0.3) is 0 Å². The topological polar surface area (TPSA) is 337 Å². The van der Waals surface area contributed by atoms with Gasteiger partial charge in [-0.2, -0.15) is 0 Å². The molecule has 0 aromatic heterocycles. The lowest BCUT2D eigenvalue weighted by atomic mass is 9.46. The maximum atomic E-state index is 14.6. The number of anilines is 2. The normalized spacial score (nSPS) is 24.0. The van der Waals surface area contributed by atoms with Crippen LogP contribution in [0, 0.1) is 46.3 Å². The van der Waals surface area contributed by atoms with Crippen LogP contribution in [0.2, 0.25) is 0 Å². The molecule has 11 atom stereocenters. The van der Waals surface area contributed by atoms with E-state index < -0.39 is 77.4 Å². The molecule has 6 amide bonds. The van der Waals surface area contributed by atoms with E-state index in [1.165, 1.54) is 0 Å². The number of nitrogens with two attached hydrogens (primary N) is 1. The van der Waals surface area contributed by atoms with Gasteiger partial charge in [0, 0.05) is 78.5 Å². The summed E-state index contributed by atoms with van der Waals surface area (Å²) in [7, 11) is 0. The Bertz CT molecular complexity index is 3570. The lowest BCUT2D eigenvalue weighted by molar-refractivity contribution is -0.201. The molecule has 6 aliphatic rings. The maximum Gasteiger partial charge on any atom is 0.312 e. The molecule has 2 aliphatic heterocycles. The highest BCUT2D eigenvalue weighted by atomic mass is 16.7. The van der Waals surface area contributed by atoms with E-state index in [4.69, 9.17) is 43.6 Å². The Hall–Kier alpha value is -8.35. The van der Waals surface area contributed by atoms with Gasteiger partial charge in [0.05, 0.1) is 90.1 Å². The standard InChI is InChI=1S/C77H101N7O18/c1-6-12-70-101-64-44-60-59-25-22-55-43-58(85)30-32-75(55,4)71(59)62(86)45-76(60,5)77(64,102-70)63(87)49-100-69(92)29-28-68(91)99-48-51-18-23-56(24-19-51)81-46-57(16-11-33-80-74(78)94)82-73(93)72(50(2)3)83-66(89)31-35-95-37-39-97-41-42-98-40-38-96-36-34-79-65(88)26-27-67(90)84-47-54-15-8-7-13-52(54)20-21-53-14-9-10-17-61(53)84/h7-10,13-15,17-19,23-24,30,32,43,50,57,59-60,62,64,70-72,81,86H,6,11-12,16,22,25-29,31,33-42,44-49H2,1-5H3,(H,79,88)(H,82,93)(H,83,89)(H3,78,80,94)/t57-,59-,60-,62-,64+,70?,71+,72-,75-,76-,77+/m0/s1. The molecular formula is C77H101N7O18. The summed E-state index contributed by atoms with van der Waals surface area (Å²) < 4.78 is 46.6. The van der Waals surface area contributed by atoms with Crippen LogP contribution in [0.5, 0.6) is 0 Å². The Labute approximate surface area is 597 Å². The third-order valence-electron chi connectivity index (χ3n) is 20.6. The minimum absolute atomic E-state index is 0.00832. The van der Waals surface area contributed by atoms with Gasteiger partial charge in [-0.25, -0.2) is 4.79 Å². The number of nitrogens with zero attached hydrogens (tertiary/aromatic N) is 1. The summed E-state index contributed by atoms with van der Waals surface area (Å²) in [6.45, 7) is 12.4. The van der Waals surface area contributed by atoms with Gasteiger partial charge in [0.15, 0.2) is 24.3 Å². The zero-order valence-electron chi connectivity index (χ0n) is 59.4. The Morgan fingerprint density at radius 2 is 1.44 bits per heavy atom. The number of Topliss-reactive ketones (excluding diaryl/α,β-unsaturated/α-hetero) is 1. The Morgan fingerprint density at radius 1 is 0.765 bits per heavy atom. The summed E-state index contributed by atoms with van der Waals surface area (Å²) in [5.41, 5.74) is 8.17. The molecule has 3 saturated carbocycles. The van der Waals surface area contributed by atoms with Crippen molar-refractivity contribution in [2.75, 3.05) is 89.3 Å². The number of nitrogens with one attached hydrogen (secondary N) is 5. The predicted octanol–water partition coefficient (Wildman–Crippen LogP) is 6.58. The van der Waals surface area contributed by atoms with Crippen molar-refractivity contribution >= 4 is 64.5 Å². The third-order valence-corrected chi connectivity index (χ3v) is 20.6. The number of benzene rings is 3. The number of aliphatic hydroxyl groups excluding tert-OH is 1. The van der Waals surface area contributed by atoms with Gasteiger partial charge in [-0.05, 0) is 116 Å². The summed E-state index contributed by atoms with van der Waals surface area (Å²) in [6, 6.07) is 20.4. The number of carbonyl (C=O) groups excluding carboxylic acids is 9. The van der Waals surface area contributed by atoms with E-state index in [9.17, 15) is 48.3 Å². The van der Waals surface area contributed by atoms with Crippen LogP contribution in [0.4, 0.5) is 16.2 Å². The lowest BCUT2D eigenvalue weighted by Crippen LogP contribution is -2.63. The molecule has 102 heavy (non-hydrogen) atoms. The molecule has 2 heterocycles. The van der Waals surface area contributed by atoms with Crippen molar-refractivity contribution in [3.8, 4) is 11.8 Å². The molecule has 1 saturated heterocycles. The fourth-order valence-electron chi connectivity index (χ4n) is 15.4. The second-order valence-corrected chi connectivity index (χ2v) is 27.8. The molecule has 552 valence electrons. The monoisotopic (exact) mass is 1410 g/mol. The van der Waals surface area contributed by atoms with Crippen molar-refractivity contribution < 1.29 is 86.2 Å². The number of esters is 2. The van der Waals surface area contributed by atoms with Crippen LogP contribution in [0.1, 0.15) is 140 Å². The first kappa shape index (κ1) is 77.8. The first-order valence-corrected chi connectivity index (χ1v) is 35.9. The number of rotatable bonds is 39. The van der Waals surface area contributed by atoms with Gasteiger partial charge in [-0.15, -0.1) is 0 Å². The fourth-order valence-corrected chi connectivity index (χ4v) is 15.4. The van der Waals surface area contributed by atoms with E-state index in [0.29, 0.717) is 76.3 Å². The van der Waals surface area contributed by atoms with Crippen LogP contribution in [0.3, 0.4) is 0 Å². The van der Waals surface area contributed by atoms with Gasteiger partial charge in [0.1, 0.15) is 12.6 Å². The molecule has 1 unspecified atom stereocenters. The Kier molecular flexibility index (Phi) is 28.4. The molecular weight excluding hydrogens is 1310 g/mol. The number of allylic oxidation sites excluding steroid dienone is 4. The first-order chi connectivity index (χ1) is 49.1. The van der Waals surface area contributed by atoms with Gasteiger partial charge in [0.2, 0.25) is 29.4 Å². The largest absolute Gasteiger partial charge is 0.461 e. The second kappa shape index (κ2) is 37.2. The summed E-state index contributed by atoms with van der Waals surface area (Å²) in [5.74, 6) is 2.90. The van der Waals surface area contributed by atoms with E-state index in [1.54, 1.807) is 41.3 Å². The van der Waals surface area contributed by atoms with Crippen molar-refractivity contribution in [2.45, 2.75) is 167 Å². The molecule has 0 spiro atoms. The summed E-state index contributed by atoms with van der Waals surface area (Å²) in [4.78, 5) is 119. The molecule has 3 aromatic rings. The number of amides is 6. The lowest BCUT2D eigenvalue weighted by Gasteiger charge is -2.59. The number of hydrogen-bond acceptors (Lipinski definition) is 19. The van der Waals surface area contributed by atoms with Gasteiger partial charge in [-0.1, -0.05) is 107 Å². The zero-order chi connectivity index (χ0) is 72.8. The van der Waals surface area contributed by atoms with Crippen LogP contribution in [-0.2, 0) is 89.4 Å². The fraction of sp³-hybridized carbons (Fsp3) is 0.571. The van der Waals surface area contributed by atoms with Crippen molar-refractivity contribution in [1.82, 2.24) is 21.3 Å². The van der Waals surface area contributed by atoms with Crippen LogP contribution in [-0.4, -0.2) is 174 Å². The van der Waals surface area contributed by atoms with Crippen molar-refractivity contribution in [3.63, 3.8) is 0 Å². The van der Waals surface area contributed by atoms with Crippen LogP contribution >= 0.6 is 0 Å². The number of carbonyl (C=O) groups is 9. The number of urea groups is 1. The van der Waals surface area contributed by atoms with E-state index >= 15 is 0 Å². The first-order valence-electron chi connectivity index (χ1n) is 35.9. The highest BCUT2D eigenvalue weighted by molar-refractivity contribution is 6.01. The predicted molar refractivity (Wildman–Crippen MR) is 376 cm³/mol. The average Bonchev–Trinajstić information content (AvgIpc) is 1.48. The van der Waals surface area contributed by atoms with Crippen LogP contribution in [0.15, 0.2) is 96.6 Å². The number of para-hydroxylation sites is 1. The number of ether oxygens (including phenoxy) is 8. The van der Waals surface area contributed by atoms with Gasteiger partial charge >= 0.3 is 18.0 Å². The Balaban J connectivity index is 0.615. The molecule has 8 N–H and O–H groups in total. The molecule has 3 aromatic carbocycles. The minimum atomic E-state index is -1.46. The summed E-state index contributed by atoms with van der Waals surface area (Å²) in [5, 5.41) is 26.6. The number of fused-ring (bicyclic) bond motifs is 9. The SMILES string of the molecule is CCCC1O[C@@H]2C[C@H]3[C@@H]4CCC5=CC(=O)C=C[C@]5(C)[C@H]4[C@@H](O)C[C@]3(C)[C@]2(C(=O)COC(=O)CCC(=O)OCc2ccc(NC[C@H](CCCNC(N)=O)NC(=O)[C@@H](NC(=O)CCOCCOCCOCCOCCNC(=O)CCC(=O)N3Cc4ccccc4C#Cc4ccccc43)C(C)C)cc2)O1. The quantitative estimate of drug-likeness (QED) is 0.0180. The van der Waals surface area contributed by atoms with Crippen molar-refractivity contribution in [3.05, 3.63) is 119 Å². The number of aliphatic hydroxyl groups is 1. The van der Waals surface area contributed by atoms with Gasteiger partial charge in [-0.3, -0.25) is 38.4 Å². The minimum Gasteiger partial charge on any atom is -0.461 e. The van der Waals surface area contributed by atoms with Crippen LogP contribution in [0.25, 0.3) is 0 Å². The molecule has 25 nitrogen and oxygen atoms in total. The van der Waals surface area contributed by atoms with E-state index in [0.717, 1.165) is 40.8 Å². The van der Waals surface area contributed by atoms with Gasteiger partial charge < -0.3 is 80.2 Å². The van der Waals surface area contributed by atoms with Crippen molar-refractivity contribution in [1.29, 1.82) is 0 Å². The number of ketones is 2. The number of hydrogen-bond donors (Lipinski definition) is 7. The molecule has 0 radical (unpaired) electrons. The Morgan fingerprint density at radius 3 is 2.16 bits per heavy atom. The zero-order valence-corrected chi connectivity index (χ0v) is 59.4. The summed E-state index contributed by atoms with van der Waals surface area (Å²) in [6.07, 6.45) is 7.20.